The molecular weight excluding hydrogens is 251 g/mol. The maximum absolute atomic E-state index is 13.7. The smallest absolute Gasteiger partial charge is 0.134 e. The Labute approximate surface area is 109 Å². The zero-order chi connectivity index (χ0) is 14.0. The molecule has 0 amide bonds. The summed E-state index contributed by atoms with van der Waals surface area (Å²) < 4.78 is 40.3. The van der Waals surface area contributed by atoms with Gasteiger partial charge in [0.2, 0.25) is 0 Å². The molecule has 0 aliphatic carbocycles. The average molecular weight is 265 g/mol. The third-order valence-electron chi connectivity index (χ3n) is 3.13. The number of rotatable bonds is 3. The van der Waals surface area contributed by atoms with E-state index < -0.39 is 23.5 Å². The molecule has 0 aliphatic rings. The van der Waals surface area contributed by atoms with Gasteiger partial charge in [-0.2, -0.15) is 0 Å². The average Bonchev–Trinajstić information content (AvgIpc) is 2.37. The first kappa shape index (κ1) is 13.6. The fourth-order valence-electron chi connectivity index (χ4n) is 2.17. The molecule has 1 nitrogen and oxygen atoms in total. The first-order valence-corrected chi connectivity index (χ1v) is 6.02. The van der Waals surface area contributed by atoms with E-state index in [9.17, 15) is 13.2 Å². The number of hydrogen-bond donors (Lipinski definition) is 1. The molecule has 2 N–H and O–H groups in total. The number of benzene rings is 2. The summed E-state index contributed by atoms with van der Waals surface area (Å²) in [7, 11) is 0. The van der Waals surface area contributed by atoms with Gasteiger partial charge in [0, 0.05) is 17.7 Å². The molecule has 2 aromatic carbocycles. The maximum atomic E-state index is 13.7. The van der Waals surface area contributed by atoms with Crippen LogP contribution in [0.2, 0.25) is 0 Å². The molecule has 0 saturated carbocycles. The quantitative estimate of drug-likeness (QED) is 0.899. The van der Waals surface area contributed by atoms with Crippen LogP contribution in [0.3, 0.4) is 0 Å². The summed E-state index contributed by atoms with van der Waals surface area (Å²) in [6, 6.07) is 7.52. The predicted molar refractivity (Wildman–Crippen MR) is 68.2 cm³/mol. The van der Waals surface area contributed by atoms with Crippen molar-refractivity contribution >= 4 is 0 Å². The normalized spacial score (nSPS) is 12.5. The summed E-state index contributed by atoms with van der Waals surface area (Å²) in [5, 5.41) is 0. The summed E-state index contributed by atoms with van der Waals surface area (Å²) in [4.78, 5) is 0. The van der Waals surface area contributed by atoms with E-state index in [4.69, 9.17) is 5.73 Å². The van der Waals surface area contributed by atoms with E-state index in [0.717, 1.165) is 5.56 Å². The van der Waals surface area contributed by atoms with Crippen molar-refractivity contribution in [3.05, 3.63) is 70.5 Å². The molecule has 4 heteroatoms. The first-order chi connectivity index (χ1) is 9.04. The van der Waals surface area contributed by atoms with Crippen LogP contribution in [-0.4, -0.2) is 0 Å². The van der Waals surface area contributed by atoms with Crippen molar-refractivity contribution in [1.29, 1.82) is 0 Å². The standard InChI is InChI=1S/C15H14F3N/c1-2-9-5-3-4-6-11(9)15(19)14-12(17)7-10(16)8-13(14)18/h3-8,15H,2,19H2,1H3. The van der Waals surface area contributed by atoms with Crippen LogP contribution in [0.1, 0.15) is 29.7 Å². The van der Waals surface area contributed by atoms with Gasteiger partial charge < -0.3 is 5.73 Å². The second-order valence-corrected chi connectivity index (χ2v) is 4.31. The van der Waals surface area contributed by atoms with Crippen LogP contribution in [-0.2, 0) is 6.42 Å². The van der Waals surface area contributed by atoms with Crippen molar-refractivity contribution < 1.29 is 13.2 Å². The van der Waals surface area contributed by atoms with E-state index in [-0.39, 0.29) is 5.56 Å². The lowest BCUT2D eigenvalue weighted by molar-refractivity contribution is 0.514. The maximum Gasteiger partial charge on any atom is 0.134 e. The van der Waals surface area contributed by atoms with Crippen LogP contribution >= 0.6 is 0 Å². The monoisotopic (exact) mass is 265 g/mol. The minimum Gasteiger partial charge on any atom is -0.320 e. The highest BCUT2D eigenvalue weighted by Gasteiger charge is 2.21. The Bertz CT molecular complexity index is 573. The van der Waals surface area contributed by atoms with Crippen LogP contribution < -0.4 is 5.73 Å². The molecule has 0 aliphatic heterocycles. The van der Waals surface area contributed by atoms with Gasteiger partial charge in [-0.1, -0.05) is 31.2 Å². The van der Waals surface area contributed by atoms with E-state index in [1.54, 1.807) is 12.1 Å². The SMILES string of the molecule is CCc1ccccc1C(N)c1c(F)cc(F)cc1F. The molecule has 0 heterocycles. The van der Waals surface area contributed by atoms with Crippen molar-refractivity contribution in [3.8, 4) is 0 Å². The fraction of sp³-hybridized carbons (Fsp3) is 0.200. The lowest BCUT2D eigenvalue weighted by Crippen LogP contribution is -2.17. The summed E-state index contributed by atoms with van der Waals surface area (Å²) in [6.45, 7) is 1.93. The van der Waals surface area contributed by atoms with Crippen molar-refractivity contribution in [3.63, 3.8) is 0 Å². The van der Waals surface area contributed by atoms with Crippen molar-refractivity contribution in [2.75, 3.05) is 0 Å². The van der Waals surface area contributed by atoms with Gasteiger partial charge in [-0.3, -0.25) is 0 Å². The van der Waals surface area contributed by atoms with Crippen molar-refractivity contribution in [2.24, 2.45) is 5.73 Å². The zero-order valence-electron chi connectivity index (χ0n) is 10.5. The molecule has 2 rings (SSSR count). The third kappa shape index (κ3) is 2.63. The molecule has 0 spiro atoms. The van der Waals surface area contributed by atoms with Gasteiger partial charge in [0.15, 0.2) is 0 Å². The van der Waals surface area contributed by atoms with E-state index in [1.165, 1.54) is 0 Å². The molecule has 0 bridgehead atoms. The fourth-order valence-corrected chi connectivity index (χ4v) is 2.17. The molecule has 19 heavy (non-hydrogen) atoms. The first-order valence-electron chi connectivity index (χ1n) is 6.02. The molecule has 0 fully saturated rings. The molecule has 2 aromatic rings. The van der Waals surface area contributed by atoms with Gasteiger partial charge in [-0.25, -0.2) is 13.2 Å². The van der Waals surface area contributed by atoms with E-state index in [2.05, 4.69) is 0 Å². The van der Waals surface area contributed by atoms with Gasteiger partial charge in [-0.05, 0) is 17.5 Å². The molecule has 0 radical (unpaired) electrons. The summed E-state index contributed by atoms with van der Waals surface area (Å²) >= 11 is 0. The summed E-state index contributed by atoms with van der Waals surface area (Å²) in [5.74, 6) is -2.87. The Morgan fingerprint density at radius 3 is 2.21 bits per heavy atom. The number of hydrogen-bond acceptors (Lipinski definition) is 1. The third-order valence-corrected chi connectivity index (χ3v) is 3.13. The van der Waals surface area contributed by atoms with Crippen LogP contribution in [0.25, 0.3) is 0 Å². The van der Waals surface area contributed by atoms with E-state index >= 15 is 0 Å². The molecule has 0 saturated heterocycles. The number of nitrogens with two attached hydrogens (primary N) is 1. The Hall–Kier alpha value is -1.81. The molecule has 0 aromatic heterocycles. The van der Waals surface area contributed by atoms with Crippen molar-refractivity contribution in [1.82, 2.24) is 0 Å². The largest absolute Gasteiger partial charge is 0.320 e. The second-order valence-electron chi connectivity index (χ2n) is 4.31. The van der Waals surface area contributed by atoms with Gasteiger partial charge in [-0.15, -0.1) is 0 Å². The summed E-state index contributed by atoms with van der Waals surface area (Å²) in [5.41, 5.74) is 7.20. The molecule has 100 valence electrons. The van der Waals surface area contributed by atoms with Gasteiger partial charge in [0.1, 0.15) is 17.5 Å². The van der Waals surface area contributed by atoms with E-state index in [0.29, 0.717) is 24.1 Å². The van der Waals surface area contributed by atoms with Crippen LogP contribution in [0.15, 0.2) is 36.4 Å². The Balaban J connectivity index is 2.53. The lowest BCUT2D eigenvalue weighted by atomic mass is 9.93. The zero-order valence-corrected chi connectivity index (χ0v) is 10.5. The Kier molecular flexibility index (Phi) is 3.90. The molecule has 1 unspecified atom stereocenters. The highest BCUT2D eigenvalue weighted by atomic mass is 19.1. The second kappa shape index (κ2) is 5.45. The number of aryl methyl sites for hydroxylation is 1. The molecular formula is C15H14F3N. The molecule has 1 atom stereocenters. The topological polar surface area (TPSA) is 26.0 Å². The number of halogens is 3. The van der Waals surface area contributed by atoms with Crippen molar-refractivity contribution in [2.45, 2.75) is 19.4 Å². The minimum absolute atomic E-state index is 0.303. The Morgan fingerprint density at radius 2 is 1.63 bits per heavy atom. The van der Waals surface area contributed by atoms with Crippen LogP contribution in [0.4, 0.5) is 13.2 Å². The lowest BCUT2D eigenvalue weighted by Gasteiger charge is -2.17. The predicted octanol–water partition coefficient (Wildman–Crippen LogP) is 3.71. The highest BCUT2D eigenvalue weighted by Crippen LogP contribution is 2.28. The minimum atomic E-state index is -0.962. The van der Waals surface area contributed by atoms with E-state index in [1.807, 2.05) is 19.1 Å². The van der Waals surface area contributed by atoms with Gasteiger partial charge in [0.25, 0.3) is 0 Å². The van der Waals surface area contributed by atoms with Gasteiger partial charge >= 0.3 is 0 Å². The summed E-state index contributed by atoms with van der Waals surface area (Å²) in [6.07, 6.45) is 0.703. The van der Waals surface area contributed by atoms with Crippen LogP contribution in [0.5, 0.6) is 0 Å². The van der Waals surface area contributed by atoms with Gasteiger partial charge in [0.05, 0.1) is 6.04 Å². The Morgan fingerprint density at radius 1 is 1.05 bits per heavy atom. The van der Waals surface area contributed by atoms with Crippen LogP contribution in [0, 0.1) is 17.5 Å². The highest BCUT2D eigenvalue weighted by molar-refractivity contribution is 5.38.